The standard InChI is InChI=1S/C18H16FN3OS3/c1-12(13-5-3-2-4-6-13)20-16(23)11-25-17-21-22(18(24)26-17)15-9-7-14(19)8-10-15/h2-10,12H,11H2,1H3,(H,20,23)/t12-/m1/s1. The molecule has 8 heteroatoms. The van der Waals surface area contributed by atoms with Crippen molar-refractivity contribution in [1.82, 2.24) is 15.1 Å². The van der Waals surface area contributed by atoms with Gasteiger partial charge in [0.25, 0.3) is 0 Å². The van der Waals surface area contributed by atoms with Gasteiger partial charge in [0.2, 0.25) is 5.91 Å². The number of carbonyl (C=O) groups excluding carboxylic acids is 1. The Morgan fingerprint density at radius 3 is 2.65 bits per heavy atom. The molecule has 1 N–H and O–H groups in total. The van der Waals surface area contributed by atoms with Crippen molar-refractivity contribution in [3.05, 3.63) is 69.9 Å². The van der Waals surface area contributed by atoms with Gasteiger partial charge in [0.05, 0.1) is 17.5 Å². The van der Waals surface area contributed by atoms with Crippen LogP contribution in [-0.2, 0) is 4.79 Å². The molecule has 0 unspecified atom stereocenters. The summed E-state index contributed by atoms with van der Waals surface area (Å²) in [5.74, 6) is -0.127. The van der Waals surface area contributed by atoms with E-state index in [0.29, 0.717) is 14.0 Å². The smallest absolute Gasteiger partial charge is 0.230 e. The van der Waals surface area contributed by atoms with E-state index in [0.717, 1.165) is 5.56 Å². The highest BCUT2D eigenvalue weighted by atomic mass is 32.2. The number of carbonyl (C=O) groups is 1. The van der Waals surface area contributed by atoms with Crippen molar-refractivity contribution >= 4 is 41.2 Å². The molecule has 0 aliphatic carbocycles. The number of hydrogen-bond acceptors (Lipinski definition) is 5. The number of rotatable bonds is 6. The number of benzene rings is 2. The molecule has 2 aromatic carbocycles. The summed E-state index contributed by atoms with van der Waals surface area (Å²) in [4.78, 5) is 12.2. The number of hydrogen-bond donors (Lipinski definition) is 1. The van der Waals surface area contributed by atoms with Crippen molar-refractivity contribution in [2.75, 3.05) is 5.75 Å². The number of nitrogens with one attached hydrogen (secondary N) is 1. The van der Waals surface area contributed by atoms with Gasteiger partial charge in [-0.15, -0.1) is 5.10 Å². The summed E-state index contributed by atoms with van der Waals surface area (Å²) in [7, 11) is 0. The molecule has 26 heavy (non-hydrogen) atoms. The molecule has 1 amide bonds. The third-order valence-electron chi connectivity index (χ3n) is 3.60. The van der Waals surface area contributed by atoms with Gasteiger partial charge < -0.3 is 5.32 Å². The van der Waals surface area contributed by atoms with Crippen molar-refractivity contribution in [3.8, 4) is 5.69 Å². The zero-order valence-corrected chi connectivity index (χ0v) is 16.3. The van der Waals surface area contributed by atoms with Gasteiger partial charge >= 0.3 is 0 Å². The zero-order chi connectivity index (χ0) is 18.5. The number of thioether (sulfide) groups is 1. The Labute approximate surface area is 164 Å². The summed E-state index contributed by atoms with van der Waals surface area (Å²) in [5, 5.41) is 7.38. The molecule has 0 bridgehead atoms. The summed E-state index contributed by atoms with van der Waals surface area (Å²) < 4.78 is 15.9. The van der Waals surface area contributed by atoms with Crippen LogP contribution in [0.15, 0.2) is 58.9 Å². The molecule has 0 spiro atoms. The van der Waals surface area contributed by atoms with Gasteiger partial charge in [-0.1, -0.05) is 53.4 Å². The first kappa shape index (κ1) is 18.8. The molecular formula is C18H16FN3OS3. The molecule has 0 saturated carbocycles. The second kappa shape index (κ2) is 8.57. The SMILES string of the molecule is C[C@@H](NC(=O)CSc1nn(-c2ccc(F)cc2)c(=S)s1)c1ccccc1. The van der Waals surface area contributed by atoms with Gasteiger partial charge in [-0.05, 0) is 49.0 Å². The fourth-order valence-corrected chi connectivity index (χ4v) is 4.47. The molecule has 134 valence electrons. The van der Waals surface area contributed by atoms with E-state index in [1.807, 2.05) is 37.3 Å². The first-order chi connectivity index (χ1) is 12.5. The number of nitrogens with zero attached hydrogens (tertiary/aromatic N) is 2. The third kappa shape index (κ3) is 4.78. The van der Waals surface area contributed by atoms with E-state index in [2.05, 4.69) is 10.4 Å². The summed E-state index contributed by atoms with van der Waals surface area (Å²) >= 11 is 7.97. The van der Waals surface area contributed by atoms with E-state index in [1.54, 1.807) is 16.8 Å². The fourth-order valence-electron chi connectivity index (χ4n) is 2.30. The number of halogens is 1. The Hall–Kier alpha value is -2.03. The van der Waals surface area contributed by atoms with Crippen molar-refractivity contribution in [3.63, 3.8) is 0 Å². The minimum Gasteiger partial charge on any atom is -0.349 e. The second-order valence-corrected chi connectivity index (χ2v) is 8.36. The molecule has 0 aliphatic rings. The molecule has 1 heterocycles. The van der Waals surface area contributed by atoms with Gasteiger partial charge in [-0.2, -0.15) is 0 Å². The highest BCUT2D eigenvalue weighted by Crippen LogP contribution is 2.24. The van der Waals surface area contributed by atoms with Gasteiger partial charge in [0, 0.05) is 0 Å². The van der Waals surface area contributed by atoms with Gasteiger partial charge in [-0.25, -0.2) is 9.07 Å². The minimum absolute atomic E-state index is 0.0562. The summed E-state index contributed by atoms with van der Waals surface area (Å²) in [5.41, 5.74) is 1.75. The largest absolute Gasteiger partial charge is 0.349 e. The lowest BCUT2D eigenvalue weighted by molar-refractivity contribution is -0.119. The lowest BCUT2D eigenvalue weighted by Gasteiger charge is -2.13. The van der Waals surface area contributed by atoms with Crippen LogP contribution in [0.4, 0.5) is 4.39 Å². The van der Waals surface area contributed by atoms with Crippen LogP contribution < -0.4 is 5.32 Å². The van der Waals surface area contributed by atoms with E-state index in [1.165, 1.54) is 35.2 Å². The van der Waals surface area contributed by atoms with Gasteiger partial charge in [0.15, 0.2) is 8.29 Å². The third-order valence-corrected chi connectivity index (χ3v) is 5.97. The van der Waals surface area contributed by atoms with Crippen LogP contribution in [0, 0.1) is 9.77 Å². The molecule has 0 radical (unpaired) electrons. The molecule has 0 saturated heterocycles. The van der Waals surface area contributed by atoms with Crippen molar-refractivity contribution in [2.24, 2.45) is 0 Å². The van der Waals surface area contributed by atoms with E-state index in [4.69, 9.17) is 12.2 Å². The maximum Gasteiger partial charge on any atom is 0.230 e. The highest BCUT2D eigenvalue weighted by Gasteiger charge is 2.12. The molecular weight excluding hydrogens is 389 g/mol. The Morgan fingerprint density at radius 2 is 1.96 bits per heavy atom. The molecule has 0 aliphatic heterocycles. The maximum atomic E-state index is 13.0. The highest BCUT2D eigenvalue weighted by molar-refractivity contribution is 8.01. The second-order valence-electron chi connectivity index (χ2n) is 5.51. The Bertz CT molecular complexity index is 938. The first-order valence-corrected chi connectivity index (χ1v) is 10.1. The maximum absolute atomic E-state index is 13.0. The van der Waals surface area contributed by atoms with Crippen LogP contribution in [0.2, 0.25) is 0 Å². The van der Waals surface area contributed by atoms with E-state index >= 15 is 0 Å². The molecule has 3 aromatic rings. The van der Waals surface area contributed by atoms with Gasteiger partial charge in [0.1, 0.15) is 5.82 Å². The summed E-state index contributed by atoms with van der Waals surface area (Å²) in [6.07, 6.45) is 0. The quantitative estimate of drug-likeness (QED) is 0.474. The molecule has 3 rings (SSSR count). The summed E-state index contributed by atoms with van der Waals surface area (Å²) in [6.45, 7) is 1.95. The van der Waals surface area contributed by atoms with Crippen LogP contribution in [0.5, 0.6) is 0 Å². The minimum atomic E-state index is -0.311. The molecule has 4 nitrogen and oxygen atoms in total. The molecule has 1 atom stereocenters. The Balaban J connectivity index is 1.60. The fraction of sp³-hybridized carbons (Fsp3) is 0.167. The van der Waals surface area contributed by atoms with Crippen LogP contribution in [-0.4, -0.2) is 21.4 Å². The first-order valence-electron chi connectivity index (χ1n) is 7.86. The predicted molar refractivity (Wildman–Crippen MR) is 106 cm³/mol. The zero-order valence-electron chi connectivity index (χ0n) is 13.9. The normalized spacial score (nSPS) is 11.9. The van der Waals surface area contributed by atoms with Crippen LogP contribution in [0.1, 0.15) is 18.5 Å². The number of aromatic nitrogens is 2. The van der Waals surface area contributed by atoms with E-state index in [9.17, 15) is 9.18 Å². The van der Waals surface area contributed by atoms with E-state index < -0.39 is 0 Å². The topological polar surface area (TPSA) is 46.9 Å². The summed E-state index contributed by atoms with van der Waals surface area (Å²) in [6, 6.07) is 15.7. The molecule has 1 aromatic heterocycles. The monoisotopic (exact) mass is 405 g/mol. The Kier molecular flexibility index (Phi) is 6.18. The lowest BCUT2D eigenvalue weighted by Crippen LogP contribution is -2.28. The van der Waals surface area contributed by atoms with Crippen LogP contribution >= 0.6 is 35.3 Å². The van der Waals surface area contributed by atoms with E-state index in [-0.39, 0.29) is 23.5 Å². The van der Waals surface area contributed by atoms with Crippen molar-refractivity contribution in [1.29, 1.82) is 0 Å². The Morgan fingerprint density at radius 1 is 1.27 bits per heavy atom. The van der Waals surface area contributed by atoms with Crippen LogP contribution in [0.3, 0.4) is 0 Å². The van der Waals surface area contributed by atoms with Crippen LogP contribution in [0.25, 0.3) is 5.69 Å². The average Bonchev–Trinajstić information content (AvgIpc) is 3.02. The van der Waals surface area contributed by atoms with Crippen molar-refractivity contribution < 1.29 is 9.18 Å². The molecule has 0 fully saturated rings. The lowest BCUT2D eigenvalue weighted by atomic mass is 10.1. The average molecular weight is 406 g/mol. The number of amides is 1. The van der Waals surface area contributed by atoms with Gasteiger partial charge in [-0.3, -0.25) is 4.79 Å². The van der Waals surface area contributed by atoms with Crippen molar-refractivity contribution in [2.45, 2.75) is 17.3 Å². The predicted octanol–water partition coefficient (Wildman–Crippen LogP) is 4.77.